The molecule has 0 saturated heterocycles. The second-order valence-electron chi connectivity index (χ2n) is 2.04. The molecule has 1 unspecified atom stereocenters. The molecule has 0 amide bonds. The van der Waals surface area contributed by atoms with Crippen LogP contribution in [0.2, 0.25) is 0 Å². The highest BCUT2D eigenvalue weighted by atomic mass is 16.8. The third kappa shape index (κ3) is 5.66. The van der Waals surface area contributed by atoms with Crippen LogP contribution in [0.3, 0.4) is 0 Å². The van der Waals surface area contributed by atoms with Gasteiger partial charge in [-0.05, 0) is 6.92 Å². The molecule has 0 aromatic carbocycles. The highest BCUT2D eigenvalue weighted by Crippen LogP contribution is 2.03. The molecule has 0 saturated carbocycles. The van der Waals surface area contributed by atoms with Gasteiger partial charge in [-0.25, -0.2) is 0 Å². The van der Waals surface area contributed by atoms with Gasteiger partial charge < -0.3 is 9.47 Å². The lowest BCUT2D eigenvalue weighted by Crippen LogP contribution is -2.19. The lowest BCUT2D eigenvalue weighted by atomic mass is 10.3. The second kappa shape index (κ2) is 5.97. The van der Waals surface area contributed by atoms with Crippen molar-refractivity contribution in [3.05, 3.63) is 0 Å². The van der Waals surface area contributed by atoms with Crippen molar-refractivity contribution in [1.29, 1.82) is 0 Å². The van der Waals surface area contributed by atoms with Crippen molar-refractivity contribution in [1.82, 2.24) is 0 Å². The summed E-state index contributed by atoms with van der Waals surface area (Å²) >= 11 is 0. The average molecular weight is 161 g/mol. The third-order valence-electron chi connectivity index (χ3n) is 1.10. The normalized spacial score (nSPS) is 12.5. The van der Waals surface area contributed by atoms with Crippen LogP contribution in [-0.4, -0.2) is 19.1 Å². The first-order chi connectivity index (χ1) is 5.20. The Morgan fingerprint density at radius 2 is 2.09 bits per heavy atom. The first kappa shape index (κ1) is 10.2. The van der Waals surface area contributed by atoms with Crippen LogP contribution in [0.15, 0.2) is 0 Å². The molecule has 0 aliphatic heterocycles. The average Bonchev–Trinajstić information content (AvgIpc) is 1.87. The molecule has 0 bridgehead atoms. The highest BCUT2D eigenvalue weighted by molar-refractivity contribution is 5.56. The van der Waals surface area contributed by atoms with Crippen LogP contribution < -0.4 is 0 Å². The maximum Gasteiger partial charge on any atom is 0.552 e. The fourth-order valence-electron chi connectivity index (χ4n) is 0.705. The van der Waals surface area contributed by atoms with Gasteiger partial charge in [0.25, 0.3) is 0 Å². The predicted molar refractivity (Wildman–Crippen MR) is 37.5 cm³/mol. The maximum absolute atomic E-state index is 9.95. The van der Waals surface area contributed by atoms with Gasteiger partial charge in [-0.3, -0.25) is 0 Å². The maximum atomic E-state index is 9.95. The van der Waals surface area contributed by atoms with Gasteiger partial charge in [0.2, 0.25) is 6.29 Å². The Balaban J connectivity index is 3.59. The third-order valence-corrected chi connectivity index (χ3v) is 1.10. The Kier molecular flexibility index (Phi) is 5.56. The van der Waals surface area contributed by atoms with E-state index in [4.69, 9.17) is 4.74 Å². The molecular weight excluding hydrogens is 148 g/mol. The van der Waals surface area contributed by atoms with E-state index in [9.17, 15) is 9.90 Å². The molecule has 11 heavy (non-hydrogen) atoms. The zero-order valence-corrected chi connectivity index (χ0v) is 6.83. The summed E-state index contributed by atoms with van der Waals surface area (Å²) in [5.74, 6) is 0. The first-order valence-corrected chi connectivity index (χ1v) is 3.69. The molecule has 0 aromatic heterocycles. The Morgan fingerprint density at radius 3 is 2.45 bits per heavy atom. The smallest absolute Gasteiger partial charge is 0.402 e. The quantitative estimate of drug-likeness (QED) is 0.455. The SMILES string of the molecule is CCCC(OCC)OC([O])=O. The van der Waals surface area contributed by atoms with Crippen molar-refractivity contribution in [2.24, 2.45) is 0 Å². The minimum atomic E-state index is -1.53. The summed E-state index contributed by atoms with van der Waals surface area (Å²) in [6.07, 6.45) is -0.799. The standard InChI is InChI=1S/C7H13O4/c1-3-5-6(10-4-2)11-7(8)9/h6H,3-5H2,1-2H3. The van der Waals surface area contributed by atoms with E-state index >= 15 is 0 Å². The van der Waals surface area contributed by atoms with Gasteiger partial charge in [0.15, 0.2) is 0 Å². The van der Waals surface area contributed by atoms with Crippen molar-refractivity contribution < 1.29 is 19.4 Å². The zero-order valence-electron chi connectivity index (χ0n) is 6.83. The molecule has 1 radical (unpaired) electrons. The summed E-state index contributed by atoms with van der Waals surface area (Å²) in [6, 6.07) is 0. The molecule has 4 heteroatoms. The van der Waals surface area contributed by atoms with Crippen LogP contribution in [0.25, 0.3) is 0 Å². The Labute approximate surface area is 66.1 Å². The summed E-state index contributed by atoms with van der Waals surface area (Å²) in [6.45, 7) is 4.14. The number of ether oxygens (including phenoxy) is 2. The van der Waals surface area contributed by atoms with Crippen LogP contribution in [0, 0.1) is 0 Å². The van der Waals surface area contributed by atoms with Crippen molar-refractivity contribution in [3.8, 4) is 0 Å². The highest BCUT2D eigenvalue weighted by Gasteiger charge is 2.12. The lowest BCUT2D eigenvalue weighted by molar-refractivity contribution is -0.121. The largest absolute Gasteiger partial charge is 0.552 e. The van der Waals surface area contributed by atoms with Crippen LogP contribution in [0.4, 0.5) is 4.79 Å². The summed E-state index contributed by atoms with van der Waals surface area (Å²) in [7, 11) is 0. The lowest BCUT2D eigenvalue weighted by Gasteiger charge is -2.13. The molecule has 4 nitrogen and oxygen atoms in total. The summed E-state index contributed by atoms with van der Waals surface area (Å²) in [4.78, 5) is 9.95. The predicted octanol–water partition coefficient (Wildman–Crippen LogP) is 1.72. The minimum absolute atomic E-state index is 0.442. The monoisotopic (exact) mass is 161 g/mol. The fraction of sp³-hybridized carbons (Fsp3) is 0.857. The van der Waals surface area contributed by atoms with Gasteiger partial charge in [-0.2, -0.15) is 9.90 Å². The summed E-state index contributed by atoms with van der Waals surface area (Å²) < 4.78 is 9.26. The summed E-state index contributed by atoms with van der Waals surface area (Å²) in [5, 5.41) is 9.95. The number of carbonyl (C=O) groups is 1. The van der Waals surface area contributed by atoms with E-state index in [1.54, 1.807) is 6.92 Å². The van der Waals surface area contributed by atoms with Crippen molar-refractivity contribution in [3.63, 3.8) is 0 Å². The van der Waals surface area contributed by atoms with Crippen molar-refractivity contribution in [2.75, 3.05) is 6.61 Å². The van der Waals surface area contributed by atoms with Gasteiger partial charge in [0.1, 0.15) is 0 Å². The van der Waals surface area contributed by atoms with Crippen molar-refractivity contribution in [2.45, 2.75) is 33.0 Å². The van der Waals surface area contributed by atoms with E-state index < -0.39 is 12.4 Å². The minimum Gasteiger partial charge on any atom is -0.402 e. The Bertz CT molecular complexity index is 107. The number of hydrogen-bond acceptors (Lipinski definition) is 3. The molecular formula is C7H13O4. The molecule has 1 atom stereocenters. The van der Waals surface area contributed by atoms with Crippen LogP contribution in [0.5, 0.6) is 0 Å². The van der Waals surface area contributed by atoms with E-state index in [1.807, 2.05) is 6.92 Å². The first-order valence-electron chi connectivity index (χ1n) is 3.69. The molecule has 0 aromatic rings. The van der Waals surface area contributed by atoms with E-state index in [1.165, 1.54) is 0 Å². The molecule has 0 aliphatic carbocycles. The van der Waals surface area contributed by atoms with E-state index in [-0.39, 0.29) is 0 Å². The van der Waals surface area contributed by atoms with Crippen molar-refractivity contribution >= 4 is 6.16 Å². The second-order valence-corrected chi connectivity index (χ2v) is 2.04. The van der Waals surface area contributed by atoms with Crippen LogP contribution >= 0.6 is 0 Å². The van der Waals surface area contributed by atoms with E-state index in [0.717, 1.165) is 6.42 Å². The Morgan fingerprint density at radius 1 is 1.45 bits per heavy atom. The molecule has 0 fully saturated rings. The Hall–Kier alpha value is -0.770. The van der Waals surface area contributed by atoms with E-state index in [0.29, 0.717) is 13.0 Å². The number of hydrogen-bond donors (Lipinski definition) is 0. The fourth-order valence-corrected chi connectivity index (χ4v) is 0.705. The molecule has 0 rings (SSSR count). The van der Waals surface area contributed by atoms with Gasteiger partial charge in [-0.15, -0.1) is 0 Å². The van der Waals surface area contributed by atoms with Gasteiger partial charge >= 0.3 is 6.16 Å². The van der Waals surface area contributed by atoms with Gasteiger partial charge in [-0.1, -0.05) is 13.3 Å². The molecule has 65 valence electrons. The number of carbonyl (C=O) groups excluding carboxylic acids is 1. The van der Waals surface area contributed by atoms with Crippen LogP contribution in [0.1, 0.15) is 26.7 Å². The van der Waals surface area contributed by atoms with Crippen LogP contribution in [-0.2, 0) is 14.6 Å². The topological polar surface area (TPSA) is 55.4 Å². The van der Waals surface area contributed by atoms with Gasteiger partial charge in [0, 0.05) is 13.0 Å². The van der Waals surface area contributed by atoms with E-state index in [2.05, 4.69) is 4.74 Å². The molecule has 0 spiro atoms. The molecule has 0 aliphatic rings. The zero-order chi connectivity index (χ0) is 8.69. The molecule has 0 N–H and O–H groups in total. The number of rotatable bonds is 5. The van der Waals surface area contributed by atoms with Gasteiger partial charge in [0.05, 0.1) is 0 Å². The molecule has 0 heterocycles. The summed E-state index contributed by atoms with van der Waals surface area (Å²) in [5.41, 5.74) is 0.